The summed E-state index contributed by atoms with van der Waals surface area (Å²) < 4.78 is 8.67. The predicted molar refractivity (Wildman–Crippen MR) is 124 cm³/mol. The first-order chi connectivity index (χ1) is 14.8. The number of carbonyl (C=O) groups excluding carboxylic acids is 2. The Hall–Kier alpha value is -2.38. The Kier molecular flexibility index (Phi) is 5.06. The number of ether oxygens (including phenoxy) is 1. The Balaban J connectivity index is 1.67. The number of amides is 2. The number of fused-ring (bicyclic) bond motifs is 3. The van der Waals surface area contributed by atoms with E-state index in [2.05, 4.69) is 20.5 Å². The molecule has 162 valence electrons. The van der Waals surface area contributed by atoms with Crippen molar-refractivity contribution in [2.24, 2.45) is 11.7 Å². The molecule has 7 heteroatoms. The number of morpholine rings is 1. The second-order valence-corrected chi connectivity index (χ2v) is 9.79. The minimum atomic E-state index is -0.454. The Morgan fingerprint density at radius 2 is 1.77 bits per heavy atom. The summed E-state index contributed by atoms with van der Waals surface area (Å²) in [6.45, 7) is 5.99. The number of benzene rings is 2. The molecule has 2 N–H and O–H groups in total. The van der Waals surface area contributed by atoms with Crippen LogP contribution in [0.25, 0.3) is 21.8 Å². The van der Waals surface area contributed by atoms with Crippen LogP contribution in [0.2, 0.25) is 0 Å². The SMILES string of the molecule is C[C@@H]1CN(C(=O)c2ccc3c4ccc(Br)c(C(N)=O)c4n(CC4CC4)c3c2)C[C@H](C)O1. The van der Waals surface area contributed by atoms with Gasteiger partial charge in [0.15, 0.2) is 0 Å². The molecule has 1 aliphatic heterocycles. The van der Waals surface area contributed by atoms with E-state index in [1.54, 1.807) is 0 Å². The summed E-state index contributed by atoms with van der Waals surface area (Å²) in [4.78, 5) is 27.5. The van der Waals surface area contributed by atoms with Crippen molar-refractivity contribution >= 4 is 49.6 Å². The van der Waals surface area contributed by atoms with Gasteiger partial charge in [0.2, 0.25) is 0 Å². The molecule has 5 rings (SSSR count). The van der Waals surface area contributed by atoms with Gasteiger partial charge in [0.25, 0.3) is 11.8 Å². The van der Waals surface area contributed by atoms with E-state index in [1.807, 2.05) is 49.1 Å². The van der Waals surface area contributed by atoms with E-state index < -0.39 is 5.91 Å². The van der Waals surface area contributed by atoms with Crippen molar-refractivity contribution in [1.29, 1.82) is 0 Å². The van der Waals surface area contributed by atoms with Gasteiger partial charge in [-0.15, -0.1) is 0 Å². The molecule has 2 heterocycles. The standard InChI is InChI=1S/C24H26BrN3O3/c1-13-10-27(11-14(2)31-13)24(30)16-5-6-17-18-7-8-19(25)21(23(26)29)22(18)28(20(17)9-16)12-15-3-4-15/h5-9,13-15H,3-4,10-12H2,1-2H3,(H2,26,29)/t13-,14+. The molecule has 1 saturated carbocycles. The first-order valence-corrected chi connectivity index (χ1v) is 11.6. The van der Waals surface area contributed by atoms with Crippen molar-refractivity contribution in [3.63, 3.8) is 0 Å². The van der Waals surface area contributed by atoms with Crippen molar-refractivity contribution in [2.45, 2.75) is 45.4 Å². The van der Waals surface area contributed by atoms with Gasteiger partial charge < -0.3 is 19.9 Å². The lowest BCUT2D eigenvalue weighted by Crippen LogP contribution is -2.48. The van der Waals surface area contributed by atoms with E-state index in [9.17, 15) is 9.59 Å². The van der Waals surface area contributed by atoms with Gasteiger partial charge in [0.1, 0.15) is 0 Å². The maximum atomic E-state index is 13.3. The number of nitrogens with zero attached hydrogens (tertiary/aromatic N) is 2. The number of primary amides is 1. The summed E-state index contributed by atoms with van der Waals surface area (Å²) in [5, 5.41) is 2.02. The molecule has 2 aliphatic rings. The molecule has 6 nitrogen and oxygen atoms in total. The largest absolute Gasteiger partial charge is 0.372 e. The lowest BCUT2D eigenvalue weighted by atomic mass is 10.1. The summed E-state index contributed by atoms with van der Waals surface area (Å²) in [6, 6.07) is 9.76. The molecular formula is C24H26BrN3O3. The number of hydrogen-bond donors (Lipinski definition) is 1. The molecular weight excluding hydrogens is 458 g/mol. The van der Waals surface area contributed by atoms with Crippen molar-refractivity contribution in [2.75, 3.05) is 13.1 Å². The zero-order valence-corrected chi connectivity index (χ0v) is 19.3. The first-order valence-electron chi connectivity index (χ1n) is 10.8. The molecule has 2 fully saturated rings. The number of halogens is 1. The number of rotatable bonds is 4. The van der Waals surface area contributed by atoms with Crippen LogP contribution in [0, 0.1) is 5.92 Å². The van der Waals surface area contributed by atoms with Gasteiger partial charge in [-0.1, -0.05) is 12.1 Å². The maximum absolute atomic E-state index is 13.3. The fourth-order valence-electron chi connectivity index (χ4n) is 4.81. The van der Waals surface area contributed by atoms with Gasteiger partial charge in [0.05, 0.1) is 23.3 Å². The third-order valence-corrected chi connectivity index (χ3v) is 6.97. The first kappa shape index (κ1) is 20.5. The molecule has 1 saturated heterocycles. The average molecular weight is 484 g/mol. The van der Waals surface area contributed by atoms with Gasteiger partial charge in [-0.3, -0.25) is 9.59 Å². The molecule has 2 atom stereocenters. The number of hydrogen-bond acceptors (Lipinski definition) is 3. The zero-order valence-electron chi connectivity index (χ0n) is 17.7. The Morgan fingerprint density at radius 3 is 2.42 bits per heavy atom. The Bertz CT molecular complexity index is 1200. The second kappa shape index (κ2) is 7.64. The summed E-state index contributed by atoms with van der Waals surface area (Å²) in [5.41, 5.74) is 8.75. The van der Waals surface area contributed by atoms with Crippen LogP contribution in [0.15, 0.2) is 34.8 Å². The van der Waals surface area contributed by atoms with Crippen molar-refractivity contribution in [3.8, 4) is 0 Å². The van der Waals surface area contributed by atoms with Crippen LogP contribution in [0.5, 0.6) is 0 Å². The summed E-state index contributed by atoms with van der Waals surface area (Å²) in [6.07, 6.45) is 2.41. The molecule has 3 aromatic rings. The summed E-state index contributed by atoms with van der Waals surface area (Å²) in [7, 11) is 0. The normalized spacial score (nSPS) is 21.7. The molecule has 1 aliphatic carbocycles. The molecule has 2 amide bonds. The van der Waals surface area contributed by atoms with Crippen LogP contribution in [-0.4, -0.2) is 46.6 Å². The molecule has 31 heavy (non-hydrogen) atoms. The van der Waals surface area contributed by atoms with Gasteiger partial charge in [-0.2, -0.15) is 0 Å². The predicted octanol–water partition coefficient (Wildman–Crippen LogP) is 4.32. The third kappa shape index (κ3) is 3.64. The van der Waals surface area contributed by atoms with Gasteiger partial charge in [-0.25, -0.2) is 0 Å². The van der Waals surface area contributed by atoms with Crippen LogP contribution in [0.4, 0.5) is 0 Å². The van der Waals surface area contributed by atoms with E-state index in [0.717, 1.165) is 28.4 Å². The molecule has 1 aromatic heterocycles. The third-order valence-electron chi connectivity index (χ3n) is 6.31. The van der Waals surface area contributed by atoms with Crippen molar-refractivity contribution in [1.82, 2.24) is 9.47 Å². The van der Waals surface area contributed by atoms with E-state index >= 15 is 0 Å². The number of nitrogens with two attached hydrogens (primary N) is 1. The summed E-state index contributed by atoms with van der Waals surface area (Å²) in [5.74, 6) is 0.159. The van der Waals surface area contributed by atoms with Gasteiger partial charge >= 0.3 is 0 Å². The van der Waals surface area contributed by atoms with Crippen molar-refractivity contribution < 1.29 is 14.3 Å². The quantitative estimate of drug-likeness (QED) is 0.600. The fourth-order valence-corrected chi connectivity index (χ4v) is 5.32. The molecule has 0 unspecified atom stereocenters. The van der Waals surface area contributed by atoms with Gasteiger partial charge in [-0.05, 0) is 66.7 Å². The lowest BCUT2D eigenvalue weighted by Gasteiger charge is -2.35. The van der Waals surface area contributed by atoms with Crippen LogP contribution in [-0.2, 0) is 11.3 Å². The molecule has 0 radical (unpaired) electrons. The van der Waals surface area contributed by atoms with E-state index in [4.69, 9.17) is 10.5 Å². The van der Waals surface area contributed by atoms with E-state index in [1.165, 1.54) is 12.8 Å². The van der Waals surface area contributed by atoms with E-state index in [-0.39, 0.29) is 18.1 Å². The minimum Gasteiger partial charge on any atom is -0.372 e. The van der Waals surface area contributed by atoms with Crippen molar-refractivity contribution in [3.05, 3.63) is 45.9 Å². The highest BCUT2D eigenvalue weighted by atomic mass is 79.9. The topological polar surface area (TPSA) is 77.6 Å². The highest BCUT2D eigenvalue weighted by Gasteiger charge is 2.29. The molecule has 0 spiro atoms. The average Bonchev–Trinajstić information content (AvgIpc) is 3.49. The van der Waals surface area contributed by atoms with Crippen LogP contribution < -0.4 is 5.73 Å². The summed E-state index contributed by atoms with van der Waals surface area (Å²) >= 11 is 3.51. The second-order valence-electron chi connectivity index (χ2n) is 8.94. The zero-order chi connectivity index (χ0) is 21.9. The van der Waals surface area contributed by atoms with E-state index in [0.29, 0.717) is 34.6 Å². The Labute approximate surface area is 189 Å². The molecule has 0 bridgehead atoms. The van der Waals surface area contributed by atoms with Crippen LogP contribution in [0.1, 0.15) is 47.4 Å². The van der Waals surface area contributed by atoms with Crippen LogP contribution >= 0.6 is 15.9 Å². The highest BCUT2D eigenvalue weighted by molar-refractivity contribution is 9.10. The maximum Gasteiger partial charge on any atom is 0.254 e. The highest BCUT2D eigenvalue weighted by Crippen LogP contribution is 2.39. The lowest BCUT2D eigenvalue weighted by molar-refractivity contribution is -0.0586. The Morgan fingerprint density at radius 1 is 1.10 bits per heavy atom. The smallest absolute Gasteiger partial charge is 0.254 e. The number of carbonyl (C=O) groups is 2. The monoisotopic (exact) mass is 483 g/mol. The number of aromatic nitrogens is 1. The fraction of sp³-hybridized carbons (Fsp3) is 0.417. The minimum absolute atomic E-state index is 0.0171. The van der Waals surface area contributed by atoms with Crippen LogP contribution in [0.3, 0.4) is 0 Å². The molecule has 2 aromatic carbocycles. The van der Waals surface area contributed by atoms with Gasteiger partial charge in [0, 0.05) is 46.0 Å².